The summed E-state index contributed by atoms with van der Waals surface area (Å²) >= 11 is 0. The first kappa shape index (κ1) is 23.5. The van der Waals surface area contributed by atoms with Crippen LogP contribution in [0.15, 0.2) is 78.9 Å². The van der Waals surface area contributed by atoms with Crippen molar-refractivity contribution >= 4 is 22.7 Å². The molecule has 2 amide bonds. The summed E-state index contributed by atoms with van der Waals surface area (Å²) in [4.78, 5) is 34.4. The number of nitrogens with zero attached hydrogens (tertiary/aromatic N) is 2. The second kappa shape index (κ2) is 9.20. The zero-order valence-corrected chi connectivity index (χ0v) is 21.1. The second-order valence-corrected chi connectivity index (χ2v) is 10.3. The first-order chi connectivity index (χ1) is 18.0. The Balaban J connectivity index is 1.42. The fraction of sp³-hybridized carbons (Fsp3) is 0.290. The molecule has 2 aliphatic heterocycles. The molecule has 3 heterocycles. The predicted octanol–water partition coefficient (Wildman–Crippen LogP) is 4.80. The molecule has 188 valence electrons. The molecule has 1 saturated heterocycles. The number of aliphatic hydroxyl groups is 1. The van der Waals surface area contributed by atoms with E-state index in [0.717, 1.165) is 23.2 Å². The summed E-state index contributed by atoms with van der Waals surface area (Å²) < 4.78 is 0. The number of benzene rings is 3. The monoisotopic (exact) mass is 493 g/mol. The van der Waals surface area contributed by atoms with Gasteiger partial charge in [0.05, 0.1) is 18.1 Å². The van der Waals surface area contributed by atoms with E-state index >= 15 is 0 Å². The van der Waals surface area contributed by atoms with Crippen LogP contribution >= 0.6 is 0 Å². The number of carbonyl (C=O) groups is 2. The van der Waals surface area contributed by atoms with Crippen molar-refractivity contribution in [2.75, 3.05) is 13.6 Å². The Morgan fingerprint density at radius 1 is 1.03 bits per heavy atom. The molecule has 0 bridgehead atoms. The van der Waals surface area contributed by atoms with Crippen molar-refractivity contribution in [3.8, 4) is 11.1 Å². The van der Waals surface area contributed by atoms with Gasteiger partial charge in [-0.25, -0.2) is 0 Å². The van der Waals surface area contributed by atoms with E-state index in [1.165, 1.54) is 16.5 Å². The van der Waals surface area contributed by atoms with E-state index in [0.29, 0.717) is 18.5 Å². The number of aromatic amines is 1. The third-order valence-corrected chi connectivity index (χ3v) is 8.16. The number of piperidine rings is 1. The van der Waals surface area contributed by atoms with E-state index in [9.17, 15) is 14.7 Å². The Labute approximate surface area is 216 Å². The molecule has 1 fully saturated rings. The van der Waals surface area contributed by atoms with Crippen molar-refractivity contribution in [3.63, 3.8) is 0 Å². The van der Waals surface area contributed by atoms with Gasteiger partial charge in [0.15, 0.2) is 0 Å². The molecular formula is C31H31N3O3. The lowest BCUT2D eigenvalue weighted by atomic mass is 9.79. The van der Waals surface area contributed by atoms with Gasteiger partial charge >= 0.3 is 0 Å². The zero-order chi connectivity index (χ0) is 25.7. The Bertz CT molecular complexity index is 1460. The number of nitrogens with one attached hydrogen (secondary N) is 1. The Hall–Kier alpha value is -3.90. The highest BCUT2D eigenvalue weighted by Crippen LogP contribution is 2.45. The average molecular weight is 494 g/mol. The molecule has 0 radical (unpaired) electrons. The third kappa shape index (κ3) is 3.83. The summed E-state index contributed by atoms with van der Waals surface area (Å²) in [7, 11) is 1.75. The van der Waals surface area contributed by atoms with E-state index in [1.807, 2.05) is 29.2 Å². The number of hydrogen-bond donors (Lipinski definition) is 2. The van der Waals surface area contributed by atoms with Crippen LogP contribution < -0.4 is 0 Å². The standard InChI is InChI=1S/C31H31N3O3/c1-19(35)27-25(33(2)30(36)21-12-7-4-8-13-21)18-26-29-23(16-17-34(26)31(27)37)28-22(14-9-15-24(28)32-29)20-10-5-3-6-11-20/h3-15,19,25-27,32,35H,16-18H2,1-2H3/t19-,25-,26-,27-/m0/s1. The van der Waals surface area contributed by atoms with Crippen molar-refractivity contribution in [1.29, 1.82) is 0 Å². The molecule has 6 heteroatoms. The van der Waals surface area contributed by atoms with Crippen LogP contribution in [0.5, 0.6) is 0 Å². The van der Waals surface area contributed by atoms with Gasteiger partial charge in [-0.2, -0.15) is 0 Å². The molecule has 0 unspecified atom stereocenters. The quantitative estimate of drug-likeness (QED) is 0.429. The van der Waals surface area contributed by atoms with Crippen LogP contribution in [0, 0.1) is 5.92 Å². The highest BCUT2D eigenvalue weighted by molar-refractivity contribution is 5.99. The topological polar surface area (TPSA) is 76.6 Å². The summed E-state index contributed by atoms with van der Waals surface area (Å²) in [5.74, 6) is -0.896. The molecule has 37 heavy (non-hydrogen) atoms. The summed E-state index contributed by atoms with van der Waals surface area (Å²) in [5, 5.41) is 11.9. The van der Waals surface area contributed by atoms with Gasteiger partial charge in [-0.1, -0.05) is 60.7 Å². The van der Waals surface area contributed by atoms with Crippen molar-refractivity contribution < 1.29 is 14.7 Å². The van der Waals surface area contributed by atoms with Crippen molar-refractivity contribution in [3.05, 3.63) is 95.7 Å². The molecule has 0 saturated carbocycles. The van der Waals surface area contributed by atoms with Gasteiger partial charge in [0, 0.05) is 41.8 Å². The van der Waals surface area contributed by atoms with E-state index in [4.69, 9.17) is 0 Å². The Kier molecular flexibility index (Phi) is 5.84. The number of aromatic nitrogens is 1. The minimum absolute atomic E-state index is 0.0865. The smallest absolute Gasteiger partial charge is 0.253 e. The molecule has 3 aromatic carbocycles. The first-order valence-electron chi connectivity index (χ1n) is 13.0. The van der Waals surface area contributed by atoms with Gasteiger partial charge in [-0.05, 0) is 54.7 Å². The molecule has 2 aliphatic rings. The summed E-state index contributed by atoms with van der Waals surface area (Å²) in [6.07, 6.45) is 0.451. The van der Waals surface area contributed by atoms with Gasteiger partial charge in [-0.3, -0.25) is 9.59 Å². The van der Waals surface area contributed by atoms with Crippen molar-refractivity contribution in [2.24, 2.45) is 5.92 Å². The van der Waals surface area contributed by atoms with E-state index in [2.05, 4.69) is 47.4 Å². The molecule has 6 nitrogen and oxygen atoms in total. The van der Waals surface area contributed by atoms with E-state index < -0.39 is 18.1 Å². The van der Waals surface area contributed by atoms with Gasteiger partial charge in [0.2, 0.25) is 5.91 Å². The molecule has 2 N–H and O–H groups in total. The minimum Gasteiger partial charge on any atom is -0.393 e. The lowest BCUT2D eigenvalue weighted by Crippen LogP contribution is -2.59. The van der Waals surface area contributed by atoms with Crippen LogP contribution in [0.1, 0.15) is 41.0 Å². The molecule has 6 rings (SSSR count). The molecular weight excluding hydrogens is 462 g/mol. The zero-order valence-electron chi connectivity index (χ0n) is 21.1. The van der Waals surface area contributed by atoms with Crippen LogP contribution in [0.4, 0.5) is 0 Å². The third-order valence-electron chi connectivity index (χ3n) is 8.16. The Morgan fingerprint density at radius 3 is 2.43 bits per heavy atom. The number of fused-ring (bicyclic) bond motifs is 5. The summed E-state index contributed by atoms with van der Waals surface area (Å²) in [5.41, 5.74) is 6.27. The van der Waals surface area contributed by atoms with Crippen LogP contribution in [0.25, 0.3) is 22.0 Å². The summed E-state index contributed by atoms with van der Waals surface area (Å²) in [6.45, 7) is 2.25. The number of rotatable bonds is 4. The molecule has 4 aromatic rings. The Morgan fingerprint density at radius 2 is 1.73 bits per heavy atom. The maximum atomic E-state index is 13.8. The van der Waals surface area contributed by atoms with Gasteiger partial charge in [0.1, 0.15) is 0 Å². The lowest BCUT2D eigenvalue weighted by molar-refractivity contribution is -0.151. The number of carbonyl (C=O) groups excluding carboxylic acids is 2. The van der Waals surface area contributed by atoms with Gasteiger partial charge < -0.3 is 19.9 Å². The molecule has 0 spiro atoms. The van der Waals surface area contributed by atoms with Gasteiger partial charge in [0.25, 0.3) is 5.91 Å². The minimum atomic E-state index is -0.863. The highest BCUT2D eigenvalue weighted by Gasteiger charge is 2.49. The average Bonchev–Trinajstić information content (AvgIpc) is 3.32. The largest absolute Gasteiger partial charge is 0.393 e. The lowest BCUT2D eigenvalue weighted by Gasteiger charge is -2.48. The van der Waals surface area contributed by atoms with Gasteiger partial charge in [-0.15, -0.1) is 0 Å². The maximum absolute atomic E-state index is 13.8. The first-order valence-corrected chi connectivity index (χ1v) is 13.0. The normalized spacial score (nSPS) is 21.9. The van der Waals surface area contributed by atoms with E-state index in [1.54, 1.807) is 31.0 Å². The second-order valence-electron chi connectivity index (χ2n) is 10.3. The molecule has 1 aromatic heterocycles. The fourth-order valence-corrected chi connectivity index (χ4v) is 6.39. The molecule has 0 aliphatic carbocycles. The number of amides is 2. The van der Waals surface area contributed by atoms with E-state index in [-0.39, 0.29) is 17.9 Å². The number of aliphatic hydroxyl groups excluding tert-OH is 1. The van der Waals surface area contributed by atoms with Crippen LogP contribution in [0.3, 0.4) is 0 Å². The predicted molar refractivity (Wildman–Crippen MR) is 144 cm³/mol. The fourth-order valence-electron chi connectivity index (χ4n) is 6.39. The van der Waals surface area contributed by atoms with Crippen molar-refractivity contribution in [1.82, 2.24) is 14.8 Å². The number of hydrogen-bond acceptors (Lipinski definition) is 3. The van der Waals surface area contributed by atoms with Crippen LogP contribution in [-0.2, 0) is 11.2 Å². The SMILES string of the molecule is C[C@H](O)[C@@H]1C(=O)N2CCc3c([nH]c4cccc(-c5ccccc5)c34)[C@@H]2C[C@@H]1N(C)C(=O)c1ccccc1. The number of H-pyrrole nitrogens is 1. The van der Waals surface area contributed by atoms with Crippen LogP contribution in [0.2, 0.25) is 0 Å². The summed E-state index contributed by atoms with van der Waals surface area (Å²) in [6, 6.07) is 25.2. The van der Waals surface area contributed by atoms with Crippen molar-refractivity contribution in [2.45, 2.75) is 38.0 Å². The maximum Gasteiger partial charge on any atom is 0.253 e. The molecule has 4 atom stereocenters. The van der Waals surface area contributed by atoms with Crippen LogP contribution in [-0.4, -0.2) is 57.4 Å². The highest BCUT2D eigenvalue weighted by atomic mass is 16.3.